The molecule has 1 aliphatic rings. The van der Waals surface area contributed by atoms with Gasteiger partial charge in [-0.05, 0) is 36.5 Å². The van der Waals surface area contributed by atoms with Crippen LogP contribution in [0.3, 0.4) is 0 Å². The summed E-state index contributed by atoms with van der Waals surface area (Å²) in [6.45, 7) is 0. The van der Waals surface area contributed by atoms with Crippen LogP contribution in [-0.4, -0.2) is 6.18 Å². The van der Waals surface area contributed by atoms with Crippen molar-refractivity contribution in [3.8, 4) is 0 Å². The van der Waals surface area contributed by atoms with E-state index in [4.69, 9.17) is 5.73 Å². The van der Waals surface area contributed by atoms with E-state index in [2.05, 4.69) is 0 Å². The summed E-state index contributed by atoms with van der Waals surface area (Å²) in [6, 6.07) is 4.73. The molecule has 0 saturated heterocycles. The fourth-order valence-corrected chi connectivity index (χ4v) is 2.93. The molecule has 5 heteroatoms. The number of rotatable bonds is 2. The normalized spacial score (nSPS) is 26.2. The minimum absolute atomic E-state index is 0.142. The van der Waals surface area contributed by atoms with Crippen molar-refractivity contribution < 1.29 is 17.6 Å². The molecule has 106 valence electrons. The second-order valence-electron chi connectivity index (χ2n) is 5.17. The van der Waals surface area contributed by atoms with Crippen molar-refractivity contribution in [2.45, 2.75) is 37.9 Å². The quantitative estimate of drug-likeness (QED) is 0.804. The molecule has 2 N–H and O–H groups in total. The summed E-state index contributed by atoms with van der Waals surface area (Å²) in [7, 11) is 0. The van der Waals surface area contributed by atoms with Crippen LogP contribution in [0.2, 0.25) is 0 Å². The van der Waals surface area contributed by atoms with Gasteiger partial charge in [0.1, 0.15) is 5.82 Å². The van der Waals surface area contributed by atoms with Crippen molar-refractivity contribution in [3.63, 3.8) is 0 Å². The van der Waals surface area contributed by atoms with E-state index in [9.17, 15) is 17.6 Å². The monoisotopic (exact) mass is 275 g/mol. The van der Waals surface area contributed by atoms with Crippen LogP contribution in [0.15, 0.2) is 24.3 Å². The molecule has 0 aliphatic heterocycles. The molecule has 0 bridgehead atoms. The molecule has 1 aromatic rings. The SMILES string of the molecule is NC(c1ccc(F)cc1)C1CCCCC1C(F)(F)F. The van der Waals surface area contributed by atoms with Gasteiger partial charge in [0.15, 0.2) is 0 Å². The van der Waals surface area contributed by atoms with E-state index >= 15 is 0 Å². The highest BCUT2D eigenvalue weighted by atomic mass is 19.4. The largest absolute Gasteiger partial charge is 0.392 e. The van der Waals surface area contributed by atoms with Crippen molar-refractivity contribution >= 4 is 0 Å². The number of benzene rings is 1. The summed E-state index contributed by atoms with van der Waals surface area (Å²) in [5.41, 5.74) is 6.56. The lowest BCUT2D eigenvalue weighted by Gasteiger charge is -2.36. The van der Waals surface area contributed by atoms with Crippen molar-refractivity contribution in [1.82, 2.24) is 0 Å². The fourth-order valence-electron chi connectivity index (χ4n) is 2.93. The van der Waals surface area contributed by atoms with E-state index in [0.717, 1.165) is 6.42 Å². The predicted molar refractivity (Wildman–Crippen MR) is 64.8 cm³/mol. The Bertz CT molecular complexity index is 412. The third-order valence-electron chi connectivity index (χ3n) is 3.96. The average molecular weight is 275 g/mol. The lowest BCUT2D eigenvalue weighted by molar-refractivity contribution is -0.198. The average Bonchev–Trinajstić information content (AvgIpc) is 2.38. The Hall–Kier alpha value is -1.10. The summed E-state index contributed by atoms with van der Waals surface area (Å²) in [5.74, 6) is -2.37. The molecule has 2 rings (SSSR count). The maximum Gasteiger partial charge on any atom is 0.392 e. The number of halogens is 4. The van der Waals surface area contributed by atoms with Crippen LogP contribution in [0.25, 0.3) is 0 Å². The molecule has 0 radical (unpaired) electrons. The van der Waals surface area contributed by atoms with Gasteiger partial charge < -0.3 is 5.73 Å². The first-order valence-corrected chi connectivity index (χ1v) is 6.47. The molecule has 3 atom stereocenters. The minimum Gasteiger partial charge on any atom is -0.324 e. The molecule has 0 spiro atoms. The Labute approximate surface area is 109 Å². The van der Waals surface area contributed by atoms with Crippen LogP contribution < -0.4 is 5.73 Å². The number of hydrogen-bond acceptors (Lipinski definition) is 1. The molecule has 1 saturated carbocycles. The lowest BCUT2D eigenvalue weighted by atomic mass is 9.73. The smallest absolute Gasteiger partial charge is 0.324 e. The highest BCUT2D eigenvalue weighted by Gasteiger charge is 2.47. The molecule has 1 fully saturated rings. The standard InChI is InChI=1S/C14H17F4N/c15-10-7-5-9(6-8-10)13(19)11-3-1-2-4-12(11)14(16,17)18/h5-8,11-13H,1-4,19H2. The van der Waals surface area contributed by atoms with Crippen molar-refractivity contribution in [2.24, 2.45) is 17.6 Å². The third-order valence-corrected chi connectivity index (χ3v) is 3.96. The van der Waals surface area contributed by atoms with E-state index in [0.29, 0.717) is 18.4 Å². The Balaban J connectivity index is 2.20. The maximum atomic E-state index is 13.0. The highest BCUT2D eigenvalue weighted by Crippen LogP contribution is 2.45. The zero-order valence-corrected chi connectivity index (χ0v) is 10.5. The first-order chi connectivity index (χ1) is 8.89. The molecule has 19 heavy (non-hydrogen) atoms. The molecule has 0 aromatic heterocycles. The van der Waals surface area contributed by atoms with Crippen LogP contribution in [-0.2, 0) is 0 Å². The first-order valence-electron chi connectivity index (χ1n) is 6.47. The molecule has 3 unspecified atom stereocenters. The van der Waals surface area contributed by atoms with Gasteiger partial charge in [0, 0.05) is 6.04 Å². The molecule has 1 nitrogen and oxygen atoms in total. The maximum absolute atomic E-state index is 13.0. The van der Waals surface area contributed by atoms with Gasteiger partial charge in [0.2, 0.25) is 0 Å². The van der Waals surface area contributed by atoms with Gasteiger partial charge in [-0.2, -0.15) is 13.2 Å². The van der Waals surface area contributed by atoms with Gasteiger partial charge in [-0.15, -0.1) is 0 Å². The minimum atomic E-state index is -4.21. The zero-order valence-electron chi connectivity index (χ0n) is 10.5. The van der Waals surface area contributed by atoms with E-state index in [1.807, 2.05) is 0 Å². The molecule has 1 aromatic carbocycles. The van der Waals surface area contributed by atoms with Crippen LogP contribution in [0.1, 0.15) is 37.3 Å². The fraction of sp³-hybridized carbons (Fsp3) is 0.571. The molecule has 0 heterocycles. The van der Waals surface area contributed by atoms with Gasteiger partial charge in [0.25, 0.3) is 0 Å². The summed E-state index contributed by atoms with van der Waals surface area (Å²) in [5, 5.41) is 0. The number of alkyl halides is 3. The summed E-state index contributed by atoms with van der Waals surface area (Å²) in [6.07, 6.45) is -2.22. The van der Waals surface area contributed by atoms with Crippen LogP contribution in [0, 0.1) is 17.7 Å². The summed E-state index contributed by atoms with van der Waals surface area (Å²) < 4.78 is 51.9. The van der Waals surface area contributed by atoms with E-state index in [1.54, 1.807) is 0 Å². The third kappa shape index (κ3) is 3.26. The predicted octanol–water partition coefficient (Wildman–Crippen LogP) is 4.19. The van der Waals surface area contributed by atoms with Crippen LogP contribution in [0.4, 0.5) is 17.6 Å². The molecule has 0 amide bonds. The van der Waals surface area contributed by atoms with Gasteiger partial charge in [-0.25, -0.2) is 4.39 Å². The lowest BCUT2D eigenvalue weighted by Crippen LogP contribution is -2.38. The van der Waals surface area contributed by atoms with Crippen molar-refractivity contribution in [3.05, 3.63) is 35.6 Å². The van der Waals surface area contributed by atoms with E-state index in [1.165, 1.54) is 24.3 Å². The van der Waals surface area contributed by atoms with Crippen LogP contribution in [0.5, 0.6) is 0 Å². The van der Waals surface area contributed by atoms with E-state index in [-0.39, 0.29) is 6.42 Å². The van der Waals surface area contributed by atoms with E-state index < -0.39 is 29.9 Å². The van der Waals surface area contributed by atoms with Gasteiger partial charge >= 0.3 is 6.18 Å². The van der Waals surface area contributed by atoms with Gasteiger partial charge in [-0.3, -0.25) is 0 Å². The number of nitrogens with two attached hydrogens (primary N) is 1. The van der Waals surface area contributed by atoms with Crippen molar-refractivity contribution in [2.75, 3.05) is 0 Å². The van der Waals surface area contributed by atoms with Crippen LogP contribution >= 0.6 is 0 Å². The highest BCUT2D eigenvalue weighted by molar-refractivity contribution is 5.20. The van der Waals surface area contributed by atoms with Gasteiger partial charge in [0.05, 0.1) is 5.92 Å². The first kappa shape index (κ1) is 14.3. The molecular formula is C14H17F4N. The van der Waals surface area contributed by atoms with Crippen molar-refractivity contribution in [1.29, 1.82) is 0 Å². The summed E-state index contributed by atoms with van der Waals surface area (Å²) in [4.78, 5) is 0. The second kappa shape index (κ2) is 5.49. The Morgan fingerprint density at radius 2 is 1.63 bits per heavy atom. The number of hydrogen-bond donors (Lipinski definition) is 1. The Morgan fingerprint density at radius 3 is 2.21 bits per heavy atom. The Morgan fingerprint density at radius 1 is 1.05 bits per heavy atom. The zero-order chi connectivity index (χ0) is 14.0. The summed E-state index contributed by atoms with van der Waals surface area (Å²) >= 11 is 0. The van der Waals surface area contributed by atoms with Gasteiger partial charge in [-0.1, -0.05) is 25.0 Å². The molecular weight excluding hydrogens is 258 g/mol. The topological polar surface area (TPSA) is 26.0 Å². The molecule has 1 aliphatic carbocycles. The second-order valence-corrected chi connectivity index (χ2v) is 5.17. The Kier molecular flexibility index (Phi) is 4.13.